The third kappa shape index (κ3) is 9.10. The van der Waals surface area contributed by atoms with Gasteiger partial charge in [-0.2, -0.15) is 0 Å². The predicted octanol–water partition coefficient (Wildman–Crippen LogP) is 0.544. The molecule has 4 amide bonds. The number of nitrogens with one attached hydrogen (secondary N) is 4. The van der Waals surface area contributed by atoms with Gasteiger partial charge >= 0.3 is 5.97 Å². The second kappa shape index (κ2) is 14.3. The number of carbonyl (C=O) groups excluding carboxylic acids is 4. The number of benzene rings is 1. The maximum absolute atomic E-state index is 13.2. The lowest BCUT2D eigenvalue weighted by atomic mass is 9.96. The predicted molar refractivity (Wildman–Crippen MR) is 146 cm³/mol. The standard InChI is InChI=1S/C27H40N6O6/c1-5-15(4)23(33-24(35)18(28)10-14(2)3)26(37)31-20(12-22(29)34)25(36)32-21(27(38)39)11-16-13-30-19-9-7-6-8-17(16)19/h6-9,13-15,18,20-21,23,30H,5,10-12,28H2,1-4H3,(H2,29,34)(H,31,37)(H,32,36)(H,33,35)(H,38,39). The van der Waals surface area contributed by atoms with Crippen LogP contribution >= 0.6 is 0 Å². The number of hydrogen-bond acceptors (Lipinski definition) is 6. The van der Waals surface area contributed by atoms with Crippen molar-refractivity contribution in [2.24, 2.45) is 23.3 Å². The number of nitrogens with two attached hydrogens (primary N) is 2. The van der Waals surface area contributed by atoms with Crippen LogP contribution in [0.2, 0.25) is 0 Å². The highest BCUT2D eigenvalue weighted by atomic mass is 16.4. The normalized spacial score (nSPS) is 15.1. The fourth-order valence-corrected chi connectivity index (χ4v) is 4.24. The Bertz CT molecular complexity index is 1180. The van der Waals surface area contributed by atoms with Crippen LogP contribution in [0, 0.1) is 11.8 Å². The third-order valence-electron chi connectivity index (χ3n) is 6.61. The molecule has 2 rings (SSSR count). The minimum atomic E-state index is -1.45. The Hall–Kier alpha value is -3.93. The number of aliphatic carboxylic acids is 1. The van der Waals surface area contributed by atoms with Crippen LogP contribution in [0.5, 0.6) is 0 Å². The maximum Gasteiger partial charge on any atom is 0.326 e. The van der Waals surface area contributed by atoms with Gasteiger partial charge in [0.15, 0.2) is 0 Å². The molecule has 12 heteroatoms. The lowest BCUT2D eigenvalue weighted by molar-refractivity contribution is -0.142. The number of para-hydroxylation sites is 1. The number of rotatable bonds is 15. The van der Waals surface area contributed by atoms with E-state index in [2.05, 4.69) is 20.9 Å². The average Bonchev–Trinajstić information content (AvgIpc) is 3.27. The van der Waals surface area contributed by atoms with Crippen LogP contribution in [0.25, 0.3) is 10.9 Å². The fourth-order valence-electron chi connectivity index (χ4n) is 4.24. The molecule has 0 aliphatic heterocycles. The Morgan fingerprint density at radius 1 is 0.949 bits per heavy atom. The number of amides is 4. The molecule has 9 N–H and O–H groups in total. The third-order valence-corrected chi connectivity index (χ3v) is 6.61. The first-order chi connectivity index (χ1) is 18.3. The van der Waals surface area contributed by atoms with Crippen molar-refractivity contribution < 1.29 is 29.1 Å². The molecule has 0 fully saturated rings. The molecule has 214 valence electrons. The van der Waals surface area contributed by atoms with Crippen LogP contribution < -0.4 is 27.4 Å². The van der Waals surface area contributed by atoms with Crippen LogP contribution in [0.15, 0.2) is 30.5 Å². The average molecular weight is 545 g/mol. The summed E-state index contributed by atoms with van der Waals surface area (Å²) in [4.78, 5) is 65.8. The molecule has 12 nitrogen and oxygen atoms in total. The molecule has 39 heavy (non-hydrogen) atoms. The van der Waals surface area contributed by atoms with E-state index in [4.69, 9.17) is 11.5 Å². The lowest BCUT2D eigenvalue weighted by Gasteiger charge is -2.28. The monoisotopic (exact) mass is 544 g/mol. The Balaban J connectivity index is 2.20. The van der Waals surface area contributed by atoms with Crippen molar-refractivity contribution in [2.45, 2.75) is 77.5 Å². The van der Waals surface area contributed by atoms with E-state index >= 15 is 0 Å². The number of H-pyrrole nitrogens is 1. The zero-order chi connectivity index (χ0) is 29.3. The molecule has 0 aliphatic carbocycles. The number of carboxylic acids is 1. The summed E-state index contributed by atoms with van der Waals surface area (Å²) >= 11 is 0. The van der Waals surface area contributed by atoms with E-state index in [0.29, 0.717) is 18.4 Å². The highest BCUT2D eigenvalue weighted by Crippen LogP contribution is 2.19. The van der Waals surface area contributed by atoms with E-state index in [1.807, 2.05) is 45.0 Å². The topological polar surface area (TPSA) is 209 Å². The summed E-state index contributed by atoms with van der Waals surface area (Å²) in [6.45, 7) is 7.42. The second-order valence-electron chi connectivity index (χ2n) is 10.3. The lowest BCUT2D eigenvalue weighted by Crippen LogP contribution is -2.59. The molecule has 5 unspecified atom stereocenters. The molecule has 1 aromatic carbocycles. The van der Waals surface area contributed by atoms with E-state index in [9.17, 15) is 29.1 Å². The minimum absolute atomic E-state index is 0.0401. The molecule has 0 bridgehead atoms. The Morgan fingerprint density at radius 3 is 2.18 bits per heavy atom. The highest BCUT2D eigenvalue weighted by molar-refractivity contribution is 5.96. The molecule has 2 aromatic rings. The van der Waals surface area contributed by atoms with Crippen LogP contribution in [-0.4, -0.2) is 63.9 Å². The maximum atomic E-state index is 13.2. The summed E-state index contributed by atoms with van der Waals surface area (Å²) in [5.41, 5.74) is 12.8. The van der Waals surface area contributed by atoms with Crippen molar-refractivity contribution in [3.05, 3.63) is 36.0 Å². The van der Waals surface area contributed by atoms with Gasteiger partial charge in [-0.25, -0.2) is 4.79 Å². The van der Waals surface area contributed by atoms with Gasteiger partial charge in [0, 0.05) is 23.5 Å². The first-order valence-electron chi connectivity index (χ1n) is 13.1. The van der Waals surface area contributed by atoms with E-state index in [1.165, 1.54) is 0 Å². The van der Waals surface area contributed by atoms with E-state index < -0.39 is 60.2 Å². The largest absolute Gasteiger partial charge is 0.480 e. The minimum Gasteiger partial charge on any atom is -0.480 e. The highest BCUT2D eigenvalue weighted by Gasteiger charge is 2.33. The molecular formula is C27H40N6O6. The number of primary amides is 1. The van der Waals surface area contributed by atoms with Gasteiger partial charge in [-0.1, -0.05) is 52.3 Å². The van der Waals surface area contributed by atoms with E-state index in [1.54, 1.807) is 13.1 Å². The van der Waals surface area contributed by atoms with Crippen molar-refractivity contribution >= 4 is 40.5 Å². The molecule has 1 aromatic heterocycles. The number of aromatic nitrogens is 1. The van der Waals surface area contributed by atoms with E-state index in [0.717, 1.165) is 10.9 Å². The Labute approximate surface area is 227 Å². The van der Waals surface area contributed by atoms with Gasteiger partial charge in [0.25, 0.3) is 0 Å². The fraction of sp³-hybridized carbons (Fsp3) is 0.519. The van der Waals surface area contributed by atoms with Gasteiger partial charge in [0.1, 0.15) is 18.1 Å². The molecule has 0 radical (unpaired) electrons. The zero-order valence-electron chi connectivity index (χ0n) is 22.8. The number of carbonyl (C=O) groups is 5. The van der Waals surface area contributed by atoms with Crippen LogP contribution in [0.4, 0.5) is 0 Å². The van der Waals surface area contributed by atoms with Crippen molar-refractivity contribution in [1.29, 1.82) is 0 Å². The first-order valence-corrected chi connectivity index (χ1v) is 13.1. The van der Waals surface area contributed by atoms with Gasteiger partial charge in [-0.15, -0.1) is 0 Å². The van der Waals surface area contributed by atoms with Crippen LogP contribution in [0.1, 0.15) is 52.5 Å². The smallest absolute Gasteiger partial charge is 0.326 e. The number of hydrogen-bond donors (Lipinski definition) is 7. The van der Waals surface area contributed by atoms with Gasteiger partial charge in [-0.05, 0) is 29.9 Å². The molecule has 0 saturated heterocycles. The molecule has 0 aliphatic rings. The summed E-state index contributed by atoms with van der Waals surface area (Å²) < 4.78 is 0. The number of fused-ring (bicyclic) bond motifs is 1. The van der Waals surface area contributed by atoms with E-state index in [-0.39, 0.29) is 18.3 Å². The summed E-state index contributed by atoms with van der Waals surface area (Å²) in [5, 5.41) is 18.1. The van der Waals surface area contributed by atoms with Gasteiger partial charge < -0.3 is 37.5 Å². The molecule has 0 saturated carbocycles. The molecular weight excluding hydrogens is 504 g/mol. The van der Waals surface area contributed by atoms with Crippen molar-refractivity contribution in [1.82, 2.24) is 20.9 Å². The van der Waals surface area contributed by atoms with Crippen molar-refractivity contribution in [2.75, 3.05) is 0 Å². The number of aromatic amines is 1. The summed E-state index contributed by atoms with van der Waals surface area (Å²) in [7, 11) is 0. The quantitative estimate of drug-likeness (QED) is 0.169. The van der Waals surface area contributed by atoms with Crippen molar-refractivity contribution in [3.8, 4) is 0 Å². The van der Waals surface area contributed by atoms with Crippen molar-refractivity contribution in [3.63, 3.8) is 0 Å². The number of carboxylic acid groups (broad SMARTS) is 1. The summed E-state index contributed by atoms with van der Waals surface area (Å²) in [5.74, 6) is -4.43. The summed E-state index contributed by atoms with van der Waals surface area (Å²) in [6, 6.07) is 2.66. The molecule has 1 heterocycles. The van der Waals surface area contributed by atoms with Gasteiger partial charge in [-0.3, -0.25) is 19.2 Å². The Kier molecular flexibility index (Phi) is 11.5. The van der Waals surface area contributed by atoms with Gasteiger partial charge in [0.05, 0.1) is 12.5 Å². The first kappa shape index (κ1) is 31.3. The SMILES string of the molecule is CCC(C)C(NC(=O)C(N)CC(C)C)C(=O)NC(CC(N)=O)C(=O)NC(Cc1c[nH]c2ccccc12)C(=O)O. The van der Waals surface area contributed by atoms with Crippen LogP contribution in [0.3, 0.4) is 0 Å². The molecule has 5 atom stereocenters. The van der Waals surface area contributed by atoms with Crippen LogP contribution in [-0.2, 0) is 30.4 Å². The zero-order valence-corrected chi connectivity index (χ0v) is 22.8. The summed E-state index contributed by atoms with van der Waals surface area (Å²) in [6.07, 6.45) is 2.00. The second-order valence-corrected chi connectivity index (χ2v) is 10.3. The molecule has 0 spiro atoms. The Morgan fingerprint density at radius 2 is 1.59 bits per heavy atom. The van der Waals surface area contributed by atoms with Gasteiger partial charge in [0.2, 0.25) is 23.6 Å².